The Labute approximate surface area is 119 Å². The minimum atomic E-state index is -0.349. The molecular weight excluding hydrogens is 274 g/mol. The molecule has 0 spiro atoms. The number of aromatic nitrogens is 6. The number of aromatic amines is 1. The predicted octanol–water partition coefficient (Wildman–Crippen LogP) is 0.646. The number of ether oxygens (including phenoxy) is 1. The van der Waals surface area contributed by atoms with Crippen LogP contribution in [0.25, 0.3) is 5.82 Å². The van der Waals surface area contributed by atoms with Crippen LogP contribution in [0.4, 0.5) is 5.95 Å². The lowest BCUT2D eigenvalue weighted by molar-refractivity contribution is 0.102. The van der Waals surface area contributed by atoms with Gasteiger partial charge in [0, 0.05) is 18.6 Å². The van der Waals surface area contributed by atoms with Crippen molar-refractivity contribution in [1.29, 1.82) is 0 Å². The molecule has 3 aromatic rings. The third kappa shape index (κ3) is 2.71. The largest absolute Gasteiger partial charge is 0.466 e. The fourth-order valence-electron chi connectivity index (χ4n) is 1.64. The van der Waals surface area contributed by atoms with E-state index in [2.05, 4.69) is 30.5 Å². The molecule has 2 N–H and O–H groups in total. The van der Waals surface area contributed by atoms with E-state index in [0.717, 1.165) is 0 Å². The molecule has 3 heterocycles. The van der Waals surface area contributed by atoms with Gasteiger partial charge in [-0.15, -0.1) is 5.10 Å². The number of hydrogen-bond donors (Lipinski definition) is 2. The van der Waals surface area contributed by atoms with Gasteiger partial charge in [-0.05, 0) is 12.1 Å². The van der Waals surface area contributed by atoms with Gasteiger partial charge >= 0.3 is 6.01 Å². The van der Waals surface area contributed by atoms with E-state index in [4.69, 9.17) is 4.74 Å². The van der Waals surface area contributed by atoms with Gasteiger partial charge in [0.2, 0.25) is 5.95 Å². The maximum Gasteiger partial charge on any atom is 0.336 e. The van der Waals surface area contributed by atoms with Crippen molar-refractivity contribution in [2.24, 2.45) is 0 Å². The number of amides is 1. The van der Waals surface area contributed by atoms with Crippen LogP contribution in [-0.4, -0.2) is 42.7 Å². The molecule has 0 aliphatic rings. The fraction of sp³-hybridized carbons (Fsp3) is 0.0833. The Morgan fingerprint density at radius 1 is 1.43 bits per heavy atom. The second-order valence-corrected chi connectivity index (χ2v) is 4.00. The molecule has 21 heavy (non-hydrogen) atoms. The monoisotopic (exact) mass is 285 g/mol. The van der Waals surface area contributed by atoms with Crippen molar-refractivity contribution in [1.82, 2.24) is 29.7 Å². The normalized spacial score (nSPS) is 10.3. The Morgan fingerprint density at radius 2 is 2.33 bits per heavy atom. The van der Waals surface area contributed by atoms with E-state index < -0.39 is 0 Å². The molecule has 0 bridgehead atoms. The highest BCUT2D eigenvalue weighted by Gasteiger charge is 2.10. The van der Waals surface area contributed by atoms with Gasteiger partial charge in [-0.1, -0.05) is 0 Å². The number of nitrogens with one attached hydrogen (secondary N) is 2. The molecule has 1 amide bonds. The van der Waals surface area contributed by atoms with Crippen molar-refractivity contribution in [2.75, 3.05) is 12.4 Å². The number of hydrogen-bond acceptors (Lipinski definition) is 6. The van der Waals surface area contributed by atoms with Crippen LogP contribution in [0.1, 0.15) is 10.4 Å². The molecule has 0 saturated carbocycles. The average molecular weight is 285 g/mol. The van der Waals surface area contributed by atoms with E-state index in [1.165, 1.54) is 13.3 Å². The van der Waals surface area contributed by atoms with Gasteiger partial charge in [0.25, 0.3) is 5.91 Å². The Morgan fingerprint density at radius 3 is 2.95 bits per heavy atom. The highest BCUT2D eigenvalue weighted by atomic mass is 16.5. The SMILES string of the molecule is COc1n[nH]c(NC(=O)c2ccc(-n3ccnc3)nc2)n1. The van der Waals surface area contributed by atoms with Crippen LogP contribution in [0.5, 0.6) is 6.01 Å². The smallest absolute Gasteiger partial charge is 0.336 e. The van der Waals surface area contributed by atoms with Crippen LogP contribution in [0, 0.1) is 0 Å². The first kappa shape index (κ1) is 12.8. The lowest BCUT2D eigenvalue weighted by atomic mass is 10.2. The predicted molar refractivity (Wildman–Crippen MR) is 72.2 cm³/mol. The lowest BCUT2D eigenvalue weighted by Gasteiger charge is -2.03. The Balaban J connectivity index is 1.73. The van der Waals surface area contributed by atoms with E-state index in [1.807, 2.05) is 0 Å². The zero-order valence-electron chi connectivity index (χ0n) is 11.0. The zero-order valence-corrected chi connectivity index (χ0v) is 11.0. The third-order valence-electron chi connectivity index (χ3n) is 2.66. The van der Waals surface area contributed by atoms with Crippen LogP contribution >= 0.6 is 0 Å². The summed E-state index contributed by atoms with van der Waals surface area (Å²) >= 11 is 0. The van der Waals surface area contributed by atoms with Crippen LogP contribution in [0.2, 0.25) is 0 Å². The molecule has 9 nitrogen and oxygen atoms in total. The molecule has 0 fully saturated rings. The van der Waals surface area contributed by atoms with Crippen LogP contribution in [0.3, 0.4) is 0 Å². The van der Waals surface area contributed by atoms with E-state index in [1.54, 1.807) is 35.4 Å². The lowest BCUT2D eigenvalue weighted by Crippen LogP contribution is -2.13. The van der Waals surface area contributed by atoms with Gasteiger partial charge in [-0.25, -0.2) is 15.1 Å². The van der Waals surface area contributed by atoms with Gasteiger partial charge < -0.3 is 4.74 Å². The third-order valence-corrected chi connectivity index (χ3v) is 2.66. The highest BCUT2D eigenvalue weighted by molar-refractivity contribution is 6.03. The highest BCUT2D eigenvalue weighted by Crippen LogP contribution is 2.09. The second-order valence-electron chi connectivity index (χ2n) is 4.00. The molecule has 3 aromatic heterocycles. The molecule has 3 rings (SSSR count). The first-order chi connectivity index (χ1) is 10.3. The van der Waals surface area contributed by atoms with Crippen molar-refractivity contribution >= 4 is 11.9 Å². The van der Waals surface area contributed by atoms with Crippen LogP contribution < -0.4 is 10.1 Å². The summed E-state index contributed by atoms with van der Waals surface area (Å²) in [4.78, 5) is 24.0. The number of nitrogens with zero attached hydrogens (tertiary/aromatic N) is 5. The van der Waals surface area contributed by atoms with E-state index >= 15 is 0 Å². The topological polar surface area (TPSA) is 111 Å². The molecule has 0 saturated heterocycles. The van der Waals surface area contributed by atoms with Crippen molar-refractivity contribution < 1.29 is 9.53 Å². The quantitative estimate of drug-likeness (QED) is 0.728. The second kappa shape index (κ2) is 5.41. The number of carbonyl (C=O) groups excluding carboxylic acids is 1. The Hall–Kier alpha value is -3.23. The fourth-order valence-corrected chi connectivity index (χ4v) is 1.64. The number of imidazole rings is 1. The van der Waals surface area contributed by atoms with Crippen LogP contribution in [-0.2, 0) is 0 Å². The number of anilines is 1. The van der Waals surface area contributed by atoms with Crippen molar-refractivity contribution in [3.8, 4) is 11.8 Å². The minimum absolute atomic E-state index is 0.152. The molecule has 0 aromatic carbocycles. The summed E-state index contributed by atoms with van der Waals surface area (Å²) < 4.78 is 6.55. The van der Waals surface area contributed by atoms with E-state index in [-0.39, 0.29) is 17.9 Å². The standard InChI is InChI=1S/C12H11N7O2/c1-21-12-16-11(17-18-12)15-10(20)8-2-3-9(14-6-8)19-5-4-13-7-19/h2-7H,1H3,(H2,15,16,17,18,20). The average Bonchev–Trinajstić information content (AvgIpc) is 3.19. The Bertz CT molecular complexity index is 733. The molecule has 9 heteroatoms. The molecular formula is C12H11N7O2. The molecule has 0 unspecified atom stereocenters. The van der Waals surface area contributed by atoms with Crippen molar-refractivity contribution in [3.63, 3.8) is 0 Å². The number of carbonyl (C=O) groups is 1. The minimum Gasteiger partial charge on any atom is -0.466 e. The summed E-state index contributed by atoms with van der Waals surface area (Å²) in [5.74, 6) is 0.527. The zero-order chi connectivity index (χ0) is 14.7. The van der Waals surface area contributed by atoms with Crippen molar-refractivity contribution in [3.05, 3.63) is 42.6 Å². The summed E-state index contributed by atoms with van der Waals surface area (Å²) in [5.41, 5.74) is 0.397. The van der Waals surface area contributed by atoms with Gasteiger partial charge in [-0.3, -0.25) is 14.7 Å². The molecule has 0 aliphatic carbocycles. The van der Waals surface area contributed by atoms with Gasteiger partial charge in [0.15, 0.2) is 0 Å². The van der Waals surface area contributed by atoms with Crippen LogP contribution in [0.15, 0.2) is 37.1 Å². The number of rotatable bonds is 4. The number of pyridine rings is 1. The molecule has 0 radical (unpaired) electrons. The summed E-state index contributed by atoms with van der Waals surface area (Å²) in [5, 5.41) is 8.83. The van der Waals surface area contributed by atoms with Gasteiger partial charge in [0.1, 0.15) is 12.1 Å². The number of H-pyrrole nitrogens is 1. The summed E-state index contributed by atoms with van der Waals surface area (Å²) in [6, 6.07) is 3.53. The molecule has 0 atom stereocenters. The van der Waals surface area contributed by atoms with E-state index in [0.29, 0.717) is 11.4 Å². The first-order valence-corrected chi connectivity index (χ1v) is 5.98. The first-order valence-electron chi connectivity index (χ1n) is 5.98. The van der Waals surface area contributed by atoms with Gasteiger partial charge in [0.05, 0.1) is 12.7 Å². The molecule has 0 aliphatic heterocycles. The maximum atomic E-state index is 12.0. The van der Waals surface area contributed by atoms with E-state index in [9.17, 15) is 4.79 Å². The molecule has 106 valence electrons. The maximum absolute atomic E-state index is 12.0. The Kier molecular flexibility index (Phi) is 3.29. The summed E-state index contributed by atoms with van der Waals surface area (Å²) in [7, 11) is 1.44. The summed E-state index contributed by atoms with van der Waals surface area (Å²) in [6.45, 7) is 0. The summed E-state index contributed by atoms with van der Waals surface area (Å²) in [6.07, 6.45) is 6.52. The number of methoxy groups -OCH3 is 1. The van der Waals surface area contributed by atoms with Crippen molar-refractivity contribution in [2.45, 2.75) is 0 Å². The van der Waals surface area contributed by atoms with Gasteiger partial charge in [-0.2, -0.15) is 4.98 Å².